The molecule has 1 aliphatic rings. The van der Waals surface area contributed by atoms with Crippen LogP contribution < -0.4 is 5.73 Å². The Morgan fingerprint density at radius 2 is 2.29 bits per heavy atom. The van der Waals surface area contributed by atoms with Crippen LogP contribution in [0.15, 0.2) is 16.8 Å². The summed E-state index contributed by atoms with van der Waals surface area (Å²) in [6.07, 6.45) is 2.34. The molecule has 2 heterocycles. The maximum Gasteiger partial charge on any atom is 0.0510 e. The zero-order valence-corrected chi connectivity index (χ0v) is 11.9. The minimum Gasteiger partial charge on any atom is -0.326 e. The molecule has 0 amide bonds. The summed E-state index contributed by atoms with van der Waals surface area (Å²) in [4.78, 5) is 2.61. The van der Waals surface area contributed by atoms with Crippen LogP contribution in [0, 0.1) is 5.92 Å². The number of nitrogens with two attached hydrogens (primary N) is 1. The van der Waals surface area contributed by atoms with Crippen LogP contribution in [0.2, 0.25) is 0 Å². The van der Waals surface area contributed by atoms with E-state index in [9.17, 15) is 0 Å². The molecule has 0 bridgehead atoms. The molecule has 0 radical (unpaired) electrons. The van der Waals surface area contributed by atoms with Crippen molar-refractivity contribution >= 4 is 11.3 Å². The Labute approximate surface area is 109 Å². The lowest BCUT2D eigenvalue weighted by Crippen LogP contribution is -2.42. The number of nitrogens with zero attached hydrogens (tertiary/aromatic N) is 1. The summed E-state index contributed by atoms with van der Waals surface area (Å²) in [5, 5.41) is 4.42. The van der Waals surface area contributed by atoms with Gasteiger partial charge in [-0.15, -0.1) is 0 Å². The topological polar surface area (TPSA) is 29.3 Å². The van der Waals surface area contributed by atoms with Gasteiger partial charge in [0.25, 0.3) is 0 Å². The third-order valence-corrected chi connectivity index (χ3v) is 4.65. The van der Waals surface area contributed by atoms with Crippen molar-refractivity contribution in [2.75, 3.05) is 6.54 Å². The highest BCUT2D eigenvalue weighted by atomic mass is 32.1. The Hall–Kier alpha value is -0.380. The van der Waals surface area contributed by atoms with E-state index in [0.717, 1.165) is 12.3 Å². The summed E-state index contributed by atoms with van der Waals surface area (Å²) in [7, 11) is 0. The van der Waals surface area contributed by atoms with E-state index in [1.807, 2.05) is 0 Å². The quantitative estimate of drug-likeness (QED) is 0.891. The van der Waals surface area contributed by atoms with Crippen LogP contribution in [0.1, 0.15) is 45.2 Å². The molecule has 4 unspecified atom stereocenters. The van der Waals surface area contributed by atoms with Gasteiger partial charge in [-0.05, 0) is 48.1 Å². The molecule has 1 aromatic rings. The summed E-state index contributed by atoms with van der Waals surface area (Å²) in [5.74, 6) is 0.801. The van der Waals surface area contributed by atoms with Gasteiger partial charge in [0.2, 0.25) is 0 Å². The van der Waals surface area contributed by atoms with Gasteiger partial charge >= 0.3 is 0 Å². The van der Waals surface area contributed by atoms with Gasteiger partial charge in [0.1, 0.15) is 0 Å². The molecule has 2 N–H and O–H groups in total. The second-order valence-electron chi connectivity index (χ2n) is 5.46. The predicted octanol–water partition coefficient (Wildman–Crippen LogP) is 3.26. The van der Waals surface area contributed by atoms with Gasteiger partial charge in [0, 0.05) is 18.6 Å². The summed E-state index contributed by atoms with van der Waals surface area (Å²) in [6.45, 7) is 8.06. The average Bonchev–Trinajstić information content (AvgIpc) is 2.90. The third-order valence-electron chi connectivity index (χ3n) is 3.95. The summed E-state index contributed by atoms with van der Waals surface area (Å²) in [5.41, 5.74) is 7.77. The highest BCUT2D eigenvalue weighted by Crippen LogP contribution is 2.35. The Balaban J connectivity index is 2.22. The second kappa shape index (κ2) is 5.51. The van der Waals surface area contributed by atoms with Crippen molar-refractivity contribution in [3.05, 3.63) is 22.4 Å². The van der Waals surface area contributed by atoms with Crippen molar-refractivity contribution < 1.29 is 0 Å². The zero-order valence-electron chi connectivity index (χ0n) is 11.1. The lowest BCUT2D eigenvalue weighted by Gasteiger charge is -2.35. The lowest BCUT2D eigenvalue weighted by atomic mass is 9.98. The molecule has 1 fully saturated rings. The van der Waals surface area contributed by atoms with E-state index >= 15 is 0 Å². The van der Waals surface area contributed by atoms with Crippen LogP contribution in [-0.2, 0) is 0 Å². The number of hydrogen-bond donors (Lipinski definition) is 1. The van der Waals surface area contributed by atoms with Crippen LogP contribution in [0.25, 0.3) is 0 Å². The molecular formula is C14H24N2S. The monoisotopic (exact) mass is 252 g/mol. The van der Waals surface area contributed by atoms with Gasteiger partial charge in [-0.3, -0.25) is 4.90 Å². The summed E-state index contributed by atoms with van der Waals surface area (Å²) < 4.78 is 0. The molecule has 17 heavy (non-hydrogen) atoms. The van der Waals surface area contributed by atoms with Crippen molar-refractivity contribution in [2.45, 2.75) is 51.7 Å². The van der Waals surface area contributed by atoms with Gasteiger partial charge in [0.15, 0.2) is 0 Å². The van der Waals surface area contributed by atoms with Crippen molar-refractivity contribution in [3.63, 3.8) is 0 Å². The maximum absolute atomic E-state index is 6.36. The van der Waals surface area contributed by atoms with E-state index < -0.39 is 0 Å². The molecule has 1 saturated heterocycles. The highest BCUT2D eigenvalue weighted by molar-refractivity contribution is 7.07. The fraction of sp³-hybridized carbons (Fsp3) is 0.714. The first-order valence-electron chi connectivity index (χ1n) is 6.66. The molecule has 96 valence electrons. The first kappa shape index (κ1) is 13.1. The minimum absolute atomic E-state index is 0.248. The van der Waals surface area contributed by atoms with Crippen molar-refractivity contribution in [3.8, 4) is 0 Å². The standard InChI is InChI=1S/C14H24N2S/c1-4-13(15)14(12-5-6-17-9-12)16-8-10(2)7-11(16)3/h5-6,9-11,13-14H,4,7-8,15H2,1-3H3. The molecule has 0 aromatic carbocycles. The van der Waals surface area contributed by atoms with Crippen molar-refractivity contribution in [1.29, 1.82) is 0 Å². The third kappa shape index (κ3) is 2.72. The van der Waals surface area contributed by atoms with Crippen LogP contribution >= 0.6 is 11.3 Å². The van der Waals surface area contributed by atoms with Crippen LogP contribution in [-0.4, -0.2) is 23.5 Å². The predicted molar refractivity (Wildman–Crippen MR) is 75.3 cm³/mol. The lowest BCUT2D eigenvalue weighted by molar-refractivity contribution is 0.160. The Morgan fingerprint density at radius 3 is 2.76 bits per heavy atom. The molecular weight excluding hydrogens is 228 g/mol. The van der Waals surface area contributed by atoms with Gasteiger partial charge in [-0.2, -0.15) is 11.3 Å². The number of hydrogen-bond acceptors (Lipinski definition) is 3. The minimum atomic E-state index is 0.248. The Bertz CT molecular complexity index is 336. The molecule has 0 aliphatic carbocycles. The number of thiophene rings is 1. The zero-order chi connectivity index (χ0) is 12.4. The Morgan fingerprint density at radius 1 is 1.53 bits per heavy atom. The molecule has 0 spiro atoms. The highest BCUT2D eigenvalue weighted by Gasteiger charge is 2.35. The van der Waals surface area contributed by atoms with E-state index in [-0.39, 0.29) is 6.04 Å². The normalized spacial score (nSPS) is 29.4. The molecule has 3 heteroatoms. The van der Waals surface area contributed by atoms with Gasteiger partial charge in [0.05, 0.1) is 6.04 Å². The van der Waals surface area contributed by atoms with E-state index in [1.54, 1.807) is 11.3 Å². The molecule has 2 nitrogen and oxygen atoms in total. The average molecular weight is 252 g/mol. The van der Waals surface area contributed by atoms with E-state index in [1.165, 1.54) is 18.5 Å². The summed E-state index contributed by atoms with van der Waals surface area (Å²) >= 11 is 1.77. The van der Waals surface area contributed by atoms with Gasteiger partial charge < -0.3 is 5.73 Å². The fourth-order valence-corrected chi connectivity index (χ4v) is 3.76. The molecule has 1 aliphatic heterocycles. The van der Waals surface area contributed by atoms with Crippen LogP contribution in [0.5, 0.6) is 0 Å². The maximum atomic E-state index is 6.36. The van der Waals surface area contributed by atoms with E-state index in [4.69, 9.17) is 5.73 Å². The SMILES string of the molecule is CCC(N)C(c1ccsc1)N1CC(C)CC1C. The molecule has 4 atom stereocenters. The number of likely N-dealkylation sites (tertiary alicyclic amines) is 1. The molecule has 2 rings (SSSR count). The molecule has 0 saturated carbocycles. The number of rotatable bonds is 4. The molecule has 1 aromatic heterocycles. The van der Waals surface area contributed by atoms with E-state index in [0.29, 0.717) is 12.1 Å². The van der Waals surface area contributed by atoms with Crippen LogP contribution in [0.4, 0.5) is 0 Å². The first-order valence-corrected chi connectivity index (χ1v) is 7.61. The smallest absolute Gasteiger partial charge is 0.0510 e. The van der Waals surface area contributed by atoms with Crippen molar-refractivity contribution in [1.82, 2.24) is 4.90 Å². The fourth-order valence-electron chi connectivity index (χ4n) is 3.07. The largest absolute Gasteiger partial charge is 0.326 e. The van der Waals surface area contributed by atoms with Crippen LogP contribution in [0.3, 0.4) is 0 Å². The summed E-state index contributed by atoms with van der Waals surface area (Å²) in [6, 6.07) is 3.55. The second-order valence-corrected chi connectivity index (χ2v) is 6.24. The Kier molecular flexibility index (Phi) is 4.23. The van der Waals surface area contributed by atoms with Gasteiger partial charge in [-0.25, -0.2) is 0 Å². The van der Waals surface area contributed by atoms with Crippen molar-refractivity contribution in [2.24, 2.45) is 11.7 Å². The first-order chi connectivity index (χ1) is 8.13. The van der Waals surface area contributed by atoms with E-state index in [2.05, 4.69) is 42.5 Å². The van der Waals surface area contributed by atoms with Gasteiger partial charge in [-0.1, -0.05) is 13.8 Å².